The molecule has 2 aromatic rings. The summed E-state index contributed by atoms with van der Waals surface area (Å²) < 4.78 is 5.15. The fourth-order valence-corrected chi connectivity index (χ4v) is 3.98. The summed E-state index contributed by atoms with van der Waals surface area (Å²) in [6, 6.07) is 0. The van der Waals surface area contributed by atoms with Gasteiger partial charge in [0.2, 0.25) is 0 Å². The van der Waals surface area contributed by atoms with Gasteiger partial charge < -0.3 is 9.64 Å². The van der Waals surface area contributed by atoms with E-state index in [-0.39, 0.29) is 5.91 Å². The van der Waals surface area contributed by atoms with Crippen molar-refractivity contribution in [3.63, 3.8) is 0 Å². The number of hydrogen-bond acceptors (Lipinski definition) is 5. The number of amides is 1. The van der Waals surface area contributed by atoms with Crippen LogP contribution in [0.5, 0.6) is 0 Å². The second-order valence-corrected chi connectivity index (χ2v) is 7.23. The minimum absolute atomic E-state index is 0.0632. The molecule has 2 rings (SSSR count). The normalized spacial score (nSPS) is 11.4. The summed E-state index contributed by atoms with van der Waals surface area (Å²) in [6.45, 7) is 11.9. The van der Waals surface area contributed by atoms with E-state index in [2.05, 4.69) is 23.8 Å². The van der Waals surface area contributed by atoms with E-state index in [1.165, 1.54) is 11.3 Å². The number of carbonyl (C=O) groups is 1. The first kappa shape index (κ1) is 17.8. The van der Waals surface area contributed by atoms with Crippen LogP contribution in [0.15, 0.2) is 0 Å². The lowest BCUT2D eigenvalue weighted by atomic mass is 10.1. The monoisotopic (exact) mass is 335 g/mol. The molecule has 0 spiro atoms. The Bertz CT molecular complexity index is 709. The predicted octanol–water partition coefficient (Wildman–Crippen LogP) is 3.36. The van der Waals surface area contributed by atoms with Gasteiger partial charge in [-0.1, -0.05) is 13.8 Å². The van der Waals surface area contributed by atoms with Gasteiger partial charge in [-0.25, -0.2) is 9.97 Å². The lowest BCUT2D eigenvalue weighted by molar-refractivity contribution is 0.0676. The Balaban J connectivity index is 2.42. The SMILES string of the molecule is COCCN(CC(C)C)C(=O)c1sc2nc(C)nc(C)c2c1C. The summed E-state index contributed by atoms with van der Waals surface area (Å²) in [5, 5.41) is 1.01. The van der Waals surface area contributed by atoms with E-state index in [0.717, 1.165) is 38.7 Å². The Morgan fingerprint density at radius 2 is 1.96 bits per heavy atom. The van der Waals surface area contributed by atoms with Crippen molar-refractivity contribution in [3.8, 4) is 0 Å². The lowest BCUT2D eigenvalue weighted by Gasteiger charge is -2.24. The molecule has 0 saturated carbocycles. The second kappa shape index (κ2) is 7.36. The van der Waals surface area contributed by atoms with Crippen molar-refractivity contribution < 1.29 is 9.53 Å². The van der Waals surface area contributed by atoms with Crippen LogP contribution < -0.4 is 0 Å². The average molecular weight is 335 g/mol. The van der Waals surface area contributed by atoms with Crippen LogP contribution in [0.25, 0.3) is 10.2 Å². The Labute approximate surface area is 141 Å². The van der Waals surface area contributed by atoms with E-state index >= 15 is 0 Å². The van der Waals surface area contributed by atoms with Gasteiger partial charge in [0.1, 0.15) is 10.7 Å². The highest BCUT2D eigenvalue weighted by Crippen LogP contribution is 2.32. The minimum atomic E-state index is 0.0632. The third-order valence-corrected chi connectivity index (χ3v) is 4.89. The van der Waals surface area contributed by atoms with Gasteiger partial charge in [-0.2, -0.15) is 0 Å². The van der Waals surface area contributed by atoms with Gasteiger partial charge in [0.25, 0.3) is 5.91 Å². The Hall–Kier alpha value is -1.53. The number of thiophene rings is 1. The molecule has 2 aromatic heterocycles. The fraction of sp³-hybridized carbons (Fsp3) is 0.588. The van der Waals surface area contributed by atoms with Crippen LogP contribution in [-0.2, 0) is 4.74 Å². The number of aryl methyl sites for hydroxylation is 3. The summed E-state index contributed by atoms with van der Waals surface area (Å²) in [6.07, 6.45) is 0. The number of fused-ring (bicyclic) bond motifs is 1. The average Bonchev–Trinajstić information content (AvgIpc) is 2.79. The molecule has 0 N–H and O–H groups in total. The van der Waals surface area contributed by atoms with Gasteiger partial charge in [-0.15, -0.1) is 11.3 Å². The van der Waals surface area contributed by atoms with Crippen molar-refractivity contribution in [2.24, 2.45) is 5.92 Å². The van der Waals surface area contributed by atoms with Gasteiger partial charge in [-0.05, 0) is 32.3 Å². The van der Waals surface area contributed by atoms with Crippen molar-refractivity contribution in [1.82, 2.24) is 14.9 Å². The van der Waals surface area contributed by atoms with Gasteiger partial charge in [0.15, 0.2) is 0 Å². The maximum absolute atomic E-state index is 13.0. The summed E-state index contributed by atoms with van der Waals surface area (Å²) >= 11 is 1.47. The van der Waals surface area contributed by atoms with Gasteiger partial charge in [-0.3, -0.25) is 4.79 Å². The first-order valence-electron chi connectivity index (χ1n) is 7.87. The molecule has 2 heterocycles. The molecule has 126 valence electrons. The first-order chi connectivity index (χ1) is 10.8. The molecule has 0 aliphatic heterocycles. The summed E-state index contributed by atoms with van der Waals surface area (Å²) in [5.74, 6) is 1.22. The minimum Gasteiger partial charge on any atom is -0.383 e. The van der Waals surface area contributed by atoms with E-state index in [9.17, 15) is 4.79 Å². The van der Waals surface area contributed by atoms with Gasteiger partial charge in [0.05, 0.1) is 11.5 Å². The lowest BCUT2D eigenvalue weighted by Crippen LogP contribution is -2.36. The Kier molecular flexibility index (Phi) is 5.70. The van der Waals surface area contributed by atoms with E-state index in [4.69, 9.17) is 4.74 Å². The standard InChI is InChI=1S/C17H25N3O2S/c1-10(2)9-20(7-8-22-6)17(21)15-11(3)14-12(4)18-13(5)19-16(14)23-15/h10H,7-9H2,1-6H3. The molecule has 1 amide bonds. The zero-order chi connectivity index (χ0) is 17.1. The smallest absolute Gasteiger partial charge is 0.264 e. The van der Waals surface area contributed by atoms with Crippen LogP contribution in [-0.4, -0.2) is 47.6 Å². The van der Waals surface area contributed by atoms with E-state index < -0.39 is 0 Å². The van der Waals surface area contributed by atoms with Crippen LogP contribution in [0, 0.1) is 26.7 Å². The topological polar surface area (TPSA) is 55.3 Å². The molecule has 23 heavy (non-hydrogen) atoms. The van der Waals surface area contributed by atoms with Crippen molar-refractivity contribution in [3.05, 3.63) is 22.0 Å². The molecule has 0 bridgehead atoms. The van der Waals surface area contributed by atoms with E-state index in [1.807, 2.05) is 25.7 Å². The van der Waals surface area contributed by atoms with Crippen LogP contribution in [0.3, 0.4) is 0 Å². The summed E-state index contributed by atoms with van der Waals surface area (Å²) in [5.41, 5.74) is 1.92. The zero-order valence-corrected chi connectivity index (χ0v) is 15.6. The molecular formula is C17H25N3O2S. The maximum Gasteiger partial charge on any atom is 0.264 e. The molecule has 6 heteroatoms. The van der Waals surface area contributed by atoms with Gasteiger partial charge >= 0.3 is 0 Å². The number of ether oxygens (including phenoxy) is 1. The first-order valence-corrected chi connectivity index (χ1v) is 8.69. The highest BCUT2D eigenvalue weighted by Gasteiger charge is 2.23. The third-order valence-electron chi connectivity index (χ3n) is 3.72. The van der Waals surface area contributed by atoms with Crippen LogP contribution in [0.2, 0.25) is 0 Å². The molecule has 0 radical (unpaired) electrons. The number of methoxy groups -OCH3 is 1. The highest BCUT2D eigenvalue weighted by molar-refractivity contribution is 7.20. The molecule has 0 aliphatic carbocycles. The predicted molar refractivity (Wildman–Crippen MR) is 94.2 cm³/mol. The third kappa shape index (κ3) is 3.87. The number of nitrogens with zero attached hydrogens (tertiary/aromatic N) is 3. The molecule has 5 nitrogen and oxygen atoms in total. The number of rotatable bonds is 6. The molecular weight excluding hydrogens is 310 g/mol. The zero-order valence-electron chi connectivity index (χ0n) is 14.8. The molecule has 0 unspecified atom stereocenters. The fourth-order valence-electron chi connectivity index (χ4n) is 2.74. The maximum atomic E-state index is 13.0. The molecule has 0 saturated heterocycles. The van der Waals surface area contributed by atoms with Crippen LogP contribution in [0.4, 0.5) is 0 Å². The van der Waals surface area contributed by atoms with Crippen molar-refractivity contribution in [2.75, 3.05) is 26.8 Å². The summed E-state index contributed by atoms with van der Waals surface area (Å²) in [7, 11) is 1.66. The highest BCUT2D eigenvalue weighted by atomic mass is 32.1. The molecule has 0 aromatic carbocycles. The Morgan fingerprint density at radius 1 is 1.26 bits per heavy atom. The number of carbonyl (C=O) groups excluding carboxylic acids is 1. The summed E-state index contributed by atoms with van der Waals surface area (Å²) in [4.78, 5) is 25.5. The van der Waals surface area contributed by atoms with Crippen molar-refractivity contribution in [2.45, 2.75) is 34.6 Å². The molecule has 0 fully saturated rings. The van der Waals surface area contributed by atoms with Gasteiger partial charge in [0, 0.05) is 31.3 Å². The van der Waals surface area contributed by atoms with E-state index in [0.29, 0.717) is 19.1 Å². The van der Waals surface area contributed by atoms with Crippen molar-refractivity contribution in [1.29, 1.82) is 0 Å². The van der Waals surface area contributed by atoms with Crippen LogP contribution >= 0.6 is 11.3 Å². The van der Waals surface area contributed by atoms with E-state index in [1.54, 1.807) is 7.11 Å². The largest absolute Gasteiger partial charge is 0.383 e. The van der Waals surface area contributed by atoms with Crippen LogP contribution in [0.1, 0.15) is 40.6 Å². The quantitative estimate of drug-likeness (QED) is 0.812. The second-order valence-electron chi connectivity index (χ2n) is 6.23. The molecule has 0 atom stereocenters. The molecule has 0 aliphatic rings. The number of aromatic nitrogens is 2. The number of hydrogen-bond donors (Lipinski definition) is 0. The van der Waals surface area contributed by atoms with Crippen molar-refractivity contribution >= 4 is 27.5 Å². The Morgan fingerprint density at radius 3 is 2.57 bits per heavy atom.